The van der Waals surface area contributed by atoms with E-state index in [1.54, 1.807) is 0 Å². The summed E-state index contributed by atoms with van der Waals surface area (Å²) in [6, 6.07) is 0. The van der Waals surface area contributed by atoms with Crippen LogP contribution in [0.5, 0.6) is 0 Å². The second kappa shape index (κ2) is 5.57. The van der Waals surface area contributed by atoms with Crippen LogP contribution in [0.3, 0.4) is 0 Å². The summed E-state index contributed by atoms with van der Waals surface area (Å²) in [7, 11) is -5.28. The molecule has 0 fully saturated rings. The van der Waals surface area contributed by atoms with Crippen molar-refractivity contribution in [2.24, 2.45) is 0 Å². The third kappa shape index (κ3) is 4.83. The first-order valence-electron chi connectivity index (χ1n) is 4.27. The van der Waals surface area contributed by atoms with Gasteiger partial charge in [-0.15, -0.1) is 0 Å². The van der Waals surface area contributed by atoms with Crippen LogP contribution in [0.4, 0.5) is 8.78 Å². The first-order chi connectivity index (χ1) is 6.31. The maximum absolute atomic E-state index is 12.6. The van der Waals surface area contributed by atoms with Crippen molar-refractivity contribution in [1.82, 2.24) is 0 Å². The highest BCUT2D eigenvalue weighted by molar-refractivity contribution is 7.86. The quantitative estimate of drug-likeness (QED) is 0.514. The Balaban J connectivity index is 3.79. The van der Waals surface area contributed by atoms with Crippen molar-refractivity contribution in [3.05, 3.63) is 0 Å². The van der Waals surface area contributed by atoms with Gasteiger partial charge in [0.25, 0.3) is 0 Å². The SMILES string of the molecule is O=S(=O)(O)C(F)(F)CCCCCCO. The van der Waals surface area contributed by atoms with Crippen LogP contribution in [0.15, 0.2) is 0 Å². The maximum Gasteiger partial charge on any atom is 0.370 e. The van der Waals surface area contributed by atoms with Gasteiger partial charge in [0, 0.05) is 13.0 Å². The monoisotopic (exact) mass is 232 g/mol. The van der Waals surface area contributed by atoms with Gasteiger partial charge in [-0.05, 0) is 12.8 Å². The molecular formula is C7H14F2O4S. The number of unbranched alkanes of at least 4 members (excludes halogenated alkanes) is 3. The zero-order valence-corrected chi connectivity index (χ0v) is 8.43. The van der Waals surface area contributed by atoms with Gasteiger partial charge in [0.1, 0.15) is 0 Å². The van der Waals surface area contributed by atoms with Crippen LogP contribution in [0, 0.1) is 0 Å². The molecule has 7 heteroatoms. The van der Waals surface area contributed by atoms with Gasteiger partial charge in [0.05, 0.1) is 0 Å². The predicted octanol–water partition coefficient (Wildman–Crippen LogP) is 1.41. The Morgan fingerprint density at radius 3 is 2.00 bits per heavy atom. The molecule has 0 unspecified atom stereocenters. The van der Waals surface area contributed by atoms with Gasteiger partial charge < -0.3 is 5.11 Å². The first kappa shape index (κ1) is 13.7. The van der Waals surface area contributed by atoms with E-state index in [-0.39, 0.29) is 13.0 Å². The van der Waals surface area contributed by atoms with Gasteiger partial charge in [-0.2, -0.15) is 17.2 Å². The average molecular weight is 232 g/mol. The summed E-state index contributed by atoms with van der Waals surface area (Å²) in [6.07, 6.45) is 0.616. The Labute approximate surface area is 81.7 Å². The Hall–Kier alpha value is -0.270. The molecule has 0 saturated heterocycles. The second-order valence-electron chi connectivity index (χ2n) is 3.00. The number of hydrogen-bond acceptors (Lipinski definition) is 3. The predicted molar refractivity (Wildman–Crippen MR) is 46.7 cm³/mol. The van der Waals surface area contributed by atoms with E-state index in [1.807, 2.05) is 0 Å². The van der Waals surface area contributed by atoms with Crippen molar-refractivity contribution in [3.8, 4) is 0 Å². The minimum atomic E-state index is -5.28. The van der Waals surface area contributed by atoms with E-state index in [4.69, 9.17) is 9.66 Å². The minimum absolute atomic E-state index is 0.00527. The Morgan fingerprint density at radius 1 is 1.07 bits per heavy atom. The Morgan fingerprint density at radius 2 is 1.57 bits per heavy atom. The Kier molecular flexibility index (Phi) is 5.46. The van der Waals surface area contributed by atoms with Crippen molar-refractivity contribution in [1.29, 1.82) is 0 Å². The van der Waals surface area contributed by atoms with Gasteiger partial charge in [-0.25, -0.2) is 0 Å². The molecule has 14 heavy (non-hydrogen) atoms. The molecule has 2 N–H and O–H groups in total. The second-order valence-corrected chi connectivity index (χ2v) is 4.55. The topological polar surface area (TPSA) is 74.6 Å². The van der Waals surface area contributed by atoms with Crippen LogP contribution < -0.4 is 0 Å². The average Bonchev–Trinajstić information content (AvgIpc) is 2.02. The first-order valence-corrected chi connectivity index (χ1v) is 5.71. The fourth-order valence-electron chi connectivity index (χ4n) is 0.925. The van der Waals surface area contributed by atoms with E-state index in [0.29, 0.717) is 19.3 Å². The lowest BCUT2D eigenvalue weighted by Gasteiger charge is -2.11. The normalized spacial score (nSPS) is 13.1. The standard InChI is InChI=1S/C7H14F2O4S/c8-7(9,14(11,12)13)5-3-1-2-4-6-10/h10H,1-6H2,(H,11,12,13). The van der Waals surface area contributed by atoms with Crippen LogP contribution >= 0.6 is 0 Å². The molecule has 0 spiro atoms. The highest BCUT2D eigenvalue weighted by Crippen LogP contribution is 2.27. The molecule has 0 aromatic rings. The van der Waals surface area contributed by atoms with Gasteiger partial charge >= 0.3 is 15.4 Å². The smallest absolute Gasteiger partial charge is 0.370 e. The van der Waals surface area contributed by atoms with Crippen LogP contribution in [-0.2, 0) is 10.1 Å². The van der Waals surface area contributed by atoms with Crippen LogP contribution in [0.2, 0.25) is 0 Å². The number of aliphatic hydroxyl groups is 1. The van der Waals surface area contributed by atoms with Crippen molar-refractivity contribution in [2.45, 2.75) is 37.4 Å². The summed E-state index contributed by atoms with van der Waals surface area (Å²) >= 11 is 0. The molecule has 0 bridgehead atoms. The third-order valence-electron chi connectivity index (χ3n) is 1.75. The summed E-state index contributed by atoms with van der Waals surface area (Å²) in [5, 5.41) is 4.32. The molecule has 0 atom stereocenters. The van der Waals surface area contributed by atoms with Gasteiger partial charge in [0.15, 0.2) is 0 Å². The van der Waals surface area contributed by atoms with Crippen molar-refractivity contribution >= 4 is 10.1 Å². The molecule has 0 amide bonds. The molecule has 4 nitrogen and oxygen atoms in total. The van der Waals surface area contributed by atoms with Crippen molar-refractivity contribution in [2.75, 3.05) is 6.61 Å². The lowest BCUT2D eigenvalue weighted by Crippen LogP contribution is -2.27. The molecule has 0 heterocycles. The van der Waals surface area contributed by atoms with Crippen LogP contribution in [0.25, 0.3) is 0 Å². The summed E-state index contributed by atoms with van der Waals surface area (Å²) in [5.41, 5.74) is 0. The molecule has 0 saturated carbocycles. The fraction of sp³-hybridized carbons (Fsp3) is 1.00. The summed E-state index contributed by atoms with van der Waals surface area (Å²) in [6.45, 7) is -0.00527. The molecule has 0 aliphatic heterocycles. The molecule has 0 rings (SSSR count). The lowest BCUT2D eigenvalue weighted by molar-refractivity contribution is 0.0682. The fourth-order valence-corrected chi connectivity index (χ4v) is 1.33. The van der Waals surface area contributed by atoms with Crippen LogP contribution in [0.1, 0.15) is 32.1 Å². The van der Waals surface area contributed by atoms with E-state index in [1.165, 1.54) is 0 Å². The van der Waals surface area contributed by atoms with Crippen molar-refractivity contribution in [3.63, 3.8) is 0 Å². The summed E-state index contributed by atoms with van der Waals surface area (Å²) in [5.74, 6) is 0. The number of halogens is 2. The van der Waals surface area contributed by atoms with E-state index in [9.17, 15) is 17.2 Å². The minimum Gasteiger partial charge on any atom is -0.396 e. The number of hydrogen-bond donors (Lipinski definition) is 2. The molecule has 0 aromatic carbocycles. The van der Waals surface area contributed by atoms with E-state index in [0.717, 1.165) is 0 Å². The molecule has 86 valence electrons. The van der Waals surface area contributed by atoms with Gasteiger partial charge in [-0.3, -0.25) is 4.55 Å². The van der Waals surface area contributed by atoms with Gasteiger partial charge in [-0.1, -0.05) is 12.8 Å². The molecular weight excluding hydrogens is 218 g/mol. The maximum atomic E-state index is 12.6. The Bertz CT molecular complexity index is 250. The van der Waals surface area contributed by atoms with Crippen molar-refractivity contribution < 1.29 is 26.9 Å². The number of aliphatic hydroxyl groups excluding tert-OH is 1. The highest BCUT2D eigenvalue weighted by Gasteiger charge is 2.42. The van der Waals surface area contributed by atoms with Crippen LogP contribution in [-0.4, -0.2) is 29.9 Å². The molecule has 0 aliphatic carbocycles. The molecule has 0 radical (unpaired) electrons. The third-order valence-corrected chi connectivity index (χ3v) is 2.71. The number of alkyl halides is 2. The van der Waals surface area contributed by atoms with E-state index < -0.39 is 21.8 Å². The summed E-state index contributed by atoms with van der Waals surface area (Å²) in [4.78, 5) is 0. The number of rotatable bonds is 7. The van der Waals surface area contributed by atoms with Gasteiger partial charge in [0.2, 0.25) is 0 Å². The molecule has 0 aliphatic rings. The van der Waals surface area contributed by atoms with E-state index >= 15 is 0 Å². The largest absolute Gasteiger partial charge is 0.396 e. The highest BCUT2D eigenvalue weighted by atomic mass is 32.2. The van der Waals surface area contributed by atoms with E-state index in [2.05, 4.69) is 0 Å². The molecule has 0 aromatic heterocycles. The lowest BCUT2D eigenvalue weighted by atomic mass is 10.1. The summed E-state index contributed by atoms with van der Waals surface area (Å²) < 4.78 is 53.5. The zero-order valence-electron chi connectivity index (χ0n) is 7.62. The zero-order chi connectivity index (χ0) is 11.2.